The summed E-state index contributed by atoms with van der Waals surface area (Å²) in [6, 6.07) is 9.36. The van der Waals surface area contributed by atoms with Crippen molar-refractivity contribution in [1.82, 2.24) is 0 Å². The molecule has 0 unspecified atom stereocenters. The van der Waals surface area contributed by atoms with Gasteiger partial charge in [-0.25, -0.2) is 4.90 Å². The third-order valence-electron chi connectivity index (χ3n) is 3.11. The first kappa shape index (κ1) is 13.0. The molecule has 0 saturated heterocycles. The molecule has 0 aromatic heterocycles. The number of benzene rings is 2. The second-order valence-corrected chi connectivity index (χ2v) is 5.13. The Morgan fingerprint density at radius 3 is 2.35 bits per heavy atom. The monoisotopic (exact) mass is 306 g/mol. The average Bonchev–Trinajstić information content (AvgIpc) is 2.67. The highest BCUT2D eigenvalue weighted by molar-refractivity contribution is 6.42. The first-order chi connectivity index (χ1) is 9.50. The van der Waals surface area contributed by atoms with Crippen LogP contribution in [0.4, 0.5) is 11.4 Å². The molecule has 0 fully saturated rings. The van der Waals surface area contributed by atoms with Crippen LogP contribution in [-0.4, -0.2) is 11.8 Å². The van der Waals surface area contributed by atoms with Gasteiger partial charge >= 0.3 is 0 Å². The van der Waals surface area contributed by atoms with Crippen molar-refractivity contribution in [3.05, 3.63) is 57.6 Å². The number of rotatable bonds is 1. The third-order valence-corrected chi connectivity index (χ3v) is 3.85. The van der Waals surface area contributed by atoms with Gasteiger partial charge in [0.25, 0.3) is 11.8 Å². The van der Waals surface area contributed by atoms with E-state index in [1.54, 1.807) is 24.3 Å². The van der Waals surface area contributed by atoms with E-state index in [0.29, 0.717) is 16.3 Å². The number of nitrogen functional groups attached to an aromatic ring is 1. The molecule has 1 aliphatic heterocycles. The Morgan fingerprint density at radius 1 is 0.950 bits per heavy atom. The fourth-order valence-corrected chi connectivity index (χ4v) is 2.46. The molecule has 0 bridgehead atoms. The van der Waals surface area contributed by atoms with E-state index < -0.39 is 11.8 Å². The molecular formula is C14H8Cl2N2O2. The van der Waals surface area contributed by atoms with Crippen LogP contribution in [0.5, 0.6) is 0 Å². The number of carbonyl (C=O) groups excluding carboxylic acids is 2. The zero-order valence-electron chi connectivity index (χ0n) is 10.1. The van der Waals surface area contributed by atoms with Crippen LogP contribution in [-0.2, 0) is 0 Å². The van der Waals surface area contributed by atoms with Crippen molar-refractivity contribution in [3.63, 3.8) is 0 Å². The number of halogens is 2. The van der Waals surface area contributed by atoms with Gasteiger partial charge in [0.15, 0.2) is 0 Å². The van der Waals surface area contributed by atoms with E-state index in [9.17, 15) is 9.59 Å². The van der Waals surface area contributed by atoms with Crippen molar-refractivity contribution in [3.8, 4) is 0 Å². The summed E-state index contributed by atoms with van der Waals surface area (Å²) in [5.41, 5.74) is 6.94. The molecule has 4 nitrogen and oxygen atoms in total. The van der Waals surface area contributed by atoms with Crippen LogP contribution >= 0.6 is 23.2 Å². The highest BCUT2D eigenvalue weighted by atomic mass is 35.5. The second kappa shape index (κ2) is 4.51. The first-order valence-corrected chi connectivity index (χ1v) is 6.48. The van der Waals surface area contributed by atoms with Crippen molar-refractivity contribution in [2.45, 2.75) is 0 Å². The molecule has 2 aromatic rings. The molecule has 1 heterocycles. The number of carbonyl (C=O) groups is 2. The number of nitrogens with zero attached hydrogens (tertiary/aromatic N) is 1. The Balaban J connectivity index is 2.14. The maximum atomic E-state index is 12.4. The lowest BCUT2D eigenvalue weighted by molar-refractivity contribution is 0.0926. The smallest absolute Gasteiger partial charge is 0.268 e. The normalized spacial score (nSPS) is 13.8. The minimum atomic E-state index is -0.457. The second-order valence-electron chi connectivity index (χ2n) is 4.31. The average molecular weight is 307 g/mol. The van der Waals surface area contributed by atoms with Crippen molar-refractivity contribution in [2.24, 2.45) is 0 Å². The third kappa shape index (κ3) is 1.77. The molecule has 1 aliphatic rings. The zero-order valence-corrected chi connectivity index (χ0v) is 11.6. The minimum Gasteiger partial charge on any atom is -0.398 e. The largest absolute Gasteiger partial charge is 0.398 e. The van der Waals surface area contributed by atoms with Gasteiger partial charge in [0, 0.05) is 5.69 Å². The van der Waals surface area contributed by atoms with Crippen LogP contribution in [0.2, 0.25) is 10.0 Å². The van der Waals surface area contributed by atoms with Crippen LogP contribution in [0, 0.1) is 0 Å². The molecule has 20 heavy (non-hydrogen) atoms. The molecule has 0 spiro atoms. The van der Waals surface area contributed by atoms with Gasteiger partial charge in [-0.15, -0.1) is 0 Å². The summed E-state index contributed by atoms with van der Waals surface area (Å²) in [5, 5.41) is 0.625. The number of fused-ring (bicyclic) bond motifs is 1. The van der Waals surface area contributed by atoms with Gasteiger partial charge in [-0.3, -0.25) is 9.59 Å². The fraction of sp³-hybridized carbons (Fsp3) is 0. The molecule has 2 N–H and O–H groups in total. The predicted molar refractivity (Wildman–Crippen MR) is 78.5 cm³/mol. The topological polar surface area (TPSA) is 63.4 Å². The van der Waals surface area contributed by atoms with Gasteiger partial charge in [-0.05, 0) is 30.3 Å². The van der Waals surface area contributed by atoms with E-state index in [-0.39, 0.29) is 16.3 Å². The van der Waals surface area contributed by atoms with E-state index in [1.165, 1.54) is 12.1 Å². The van der Waals surface area contributed by atoms with Gasteiger partial charge in [0.2, 0.25) is 0 Å². The van der Waals surface area contributed by atoms with Gasteiger partial charge in [0.05, 0.1) is 26.9 Å². The number of anilines is 2. The molecule has 3 rings (SSSR count). The van der Waals surface area contributed by atoms with E-state index in [1.807, 2.05) is 0 Å². The number of hydrogen-bond donors (Lipinski definition) is 1. The van der Waals surface area contributed by atoms with E-state index in [2.05, 4.69) is 0 Å². The lowest BCUT2D eigenvalue weighted by atomic mass is 10.1. The van der Waals surface area contributed by atoms with Crippen LogP contribution in [0.1, 0.15) is 20.7 Å². The fourth-order valence-electron chi connectivity index (χ4n) is 2.17. The summed E-state index contributed by atoms with van der Waals surface area (Å²) in [6.07, 6.45) is 0. The number of hydrogen-bond acceptors (Lipinski definition) is 3. The van der Waals surface area contributed by atoms with E-state index in [4.69, 9.17) is 28.9 Å². The lowest BCUT2D eigenvalue weighted by Crippen LogP contribution is -2.29. The van der Waals surface area contributed by atoms with E-state index >= 15 is 0 Å². The highest BCUT2D eigenvalue weighted by Crippen LogP contribution is 2.34. The number of nitrogens with two attached hydrogens (primary N) is 1. The Bertz CT molecular complexity index is 759. The number of amides is 2. The Hall–Kier alpha value is -2.04. The van der Waals surface area contributed by atoms with E-state index in [0.717, 1.165) is 4.90 Å². The quantitative estimate of drug-likeness (QED) is 0.649. The molecule has 100 valence electrons. The number of imide groups is 1. The summed E-state index contributed by atoms with van der Waals surface area (Å²) in [4.78, 5) is 25.7. The van der Waals surface area contributed by atoms with Gasteiger partial charge < -0.3 is 5.73 Å². The molecule has 2 aromatic carbocycles. The van der Waals surface area contributed by atoms with Crippen molar-refractivity contribution < 1.29 is 9.59 Å². The van der Waals surface area contributed by atoms with Crippen molar-refractivity contribution in [1.29, 1.82) is 0 Å². The molecule has 2 amide bonds. The summed E-state index contributed by atoms with van der Waals surface area (Å²) < 4.78 is 0. The molecule has 0 atom stereocenters. The summed E-state index contributed by atoms with van der Waals surface area (Å²) in [7, 11) is 0. The summed E-state index contributed by atoms with van der Waals surface area (Å²) >= 11 is 11.8. The Kier molecular flexibility index (Phi) is 2.92. The highest BCUT2D eigenvalue weighted by Gasteiger charge is 2.38. The Labute approximate surface area is 124 Å². The maximum Gasteiger partial charge on any atom is 0.268 e. The predicted octanol–water partition coefficient (Wildman–Crippen LogP) is 3.38. The standard InChI is InChI=1S/C14H8Cl2N2O2/c15-9-5-4-7(6-10(9)16)18-13(19)8-2-1-3-11(17)12(8)14(18)20/h1-6H,17H2. The van der Waals surface area contributed by atoms with Crippen LogP contribution < -0.4 is 10.6 Å². The minimum absolute atomic E-state index is 0.226. The van der Waals surface area contributed by atoms with Gasteiger partial charge in [-0.2, -0.15) is 0 Å². The molecule has 0 aliphatic carbocycles. The maximum absolute atomic E-state index is 12.4. The molecule has 0 radical (unpaired) electrons. The van der Waals surface area contributed by atoms with Crippen LogP contribution in [0.3, 0.4) is 0 Å². The lowest BCUT2D eigenvalue weighted by Gasteiger charge is -2.14. The van der Waals surface area contributed by atoms with Crippen molar-refractivity contribution in [2.75, 3.05) is 10.6 Å². The van der Waals surface area contributed by atoms with Crippen LogP contribution in [0.25, 0.3) is 0 Å². The van der Waals surface area contributed by atoms with Crippen LogP contribution in [0.15, 0.2) is 36.4 Å². The molecule has 6 heteroatoms. The Morgan fingerprint density at radius 2 is 1.70 bits per heavy atom. The SMILES string of the molecule is Nc1cccc2c1C(=O)N(c1ccc(Cl)c(Cl)c1)C2=O. The van der Waals surface area contributed by atoms with Gasteiger partial charge in [-0.1, -0.05) is 29.3 Å². The van der Waals surface area contributed by atoms with Gasteiger partial charge in [0.1, 0.15) is 0 Å². The zero-order chi connectivity index (χ0) is 14.4. The molecule has 0 saturated carbocycles. The van der Waals surface area contributed by atoms with Crippen molar-refractivity contribution >= 4 is 46.4 Å². The molecular weight excluding hydrogens is 299 g/mol. The first-order valence-electron chi connectivity index (χ1n) is 5.73. The summed E-state index contributed by atoms with van der Waals surface area (Å²) in [6.45, 7) is 0. The summed E-state index contributed by atoms with van der Waals surface area (Å²) in [5.74, 6) is -0.878.